The number of amides is 3. The van der Waals surface area contributed by atoms with E-state index in [0.29, 0.717) is 48.6 Å². The van der Waals surface area contributed by atoms with Crippen LogP contribution in [0.5, 0.6) is 11.5 Å². The Balaban J connectivity index is 1.29. The van der Waals surface area contributed by atoms with Gasteiger partial charge in [-0.05, 0) is 73.5 Å². The van der Waals surface area contributed by atoms with Gasteiger partial charge in [0.05, 0.1) is 0 Å². The van der Waals surface area contributed by atoms with Crippen molar-refractivity contribution in [2.24, 2.45) is 11.7 Å². The minimum atomic E-state index is -0.495. The fourth-order valence-corrected chi connectivity index (χ4v) is 3.78. The van der Waals surface area contributed by atoms with Gasteiger partial charge in [-0.3, -0.25) is 14.4 Å². The summed E-state index contributed by atoms with van der Waals surface area (Å²) in [5, 5.41) is 2.94. The number of nitrogens with one attached hydrogen (secondary N) is 1. The van der Waals surface area contributed by atoms with Crippen LogP contribution in [-0.4, -0.2) is 35.7 Å². The van der Waals surface area contributed by atoms with E-state index in [9.17, 15) is 14.4 Å². The molecule has 1 fully saturated rings. The predicted octanol–water partition coefficient (Wildman–Crippen LogP) is 4.07. The van der Waals surface area contributed by atoms with Crippen LogP contribution in [0.25, 0.3) is 0 Å². The normalized spacial score (nSPS) is 13.9. The molecule has 3 aromatic rings. The molecule has 3 amide bonds. The summed E-state index contributed by atoms with van der Waals surface area (Å²) in [6.45, 7) is 1.08. The quantitative estimate of drug-likeness (QED) is 0.600. The molecular weight excluding hydrogens is 418 g/mol. The summed E-state index contributed by atoms with van der Waals surface area (Å²) in [5.74, 6) is 0.480. The van der Waals surface area contributed by atoms with Crippen molar-refractivity contribution in [3.05, 3.63) is 90.0 Å². The van der Waals surface area contributed by atoms with Gasteiger partial charge < -0.3 is 20.7 Å². The highest BCUT2D eigenvalue weighted by Gasteiger charge is 2.28. The number of benzene rings is 3. The van der Waals surface area contributed by atoms with Crippen molar-refractivity contribution in [2.45, 2.75) is 12.8 Å². The molecule has 0 spiro atoms. The molecule has 0 bridgehead atoms. The second-order valence-electron chi connectivity index (χ2n) is 7.94. The number of rotatable bonds is 6. The second kappa shape index (κ2) is 9.99. The summed E-state index contributed by atoms with van der Waals surface area (Å²) >= 11 is 0. The lowest BCUT2D eigenvalue weighted by Gasteiger charge is -2.31. The van der Waals surface area contributed by atoms with Gasteiger partial charge in [0.15, 0.2) is 0 Å². The first kappa shape index (κ1) is 22.1. The highest BCUT2D eigenvalue weighted by Crippen LogP contribution is 2.24. The summed E-state index contributed by atoms with van der Waals surface area (Å²) in [6.07, 6.45) is 1.26. The molecule has 0 unspecified atom stereocenters. The van der Waals surface area contributed by atoms with E-state index >= 15 is 0 Å². The topological polar surface area (TPSA) is 102 Å². The molecule has 3 aromatic carbocycles. The second-order valence-corrected chi connectivity index (χ2v) is 7.94. The molecule has 7 nitrogen and oxygen atoms in total. The average Bonchev–Trinajstić information content (AvgIpc) is 2.85. The summed E-state index contributed by atoms with van der Waals surface area (Å²) in [6, 6.07) is 22.8. The molecule has 3 N–H and O–H groups in total. The number of para-hydroxylation sites is 1. The van der Waals surface area contributed by atoms with Gasteiger partial charge in [0.25, 0.3) is 5.91 Å². The van der Waals surface area contributed by atoms with Crippen molar-refractivity contribution in [1.29, 1.82) is 0 Å². The first-order valence-electron chi connectivity index (χ1n) is 10.8. The molecule has 4 rings (SSSR count). The van der Waals surface area contributed by atoms with E-state index in [-0.39, 0.29) is 17.7 Å². The smallest absolute Gasteiger partial charge is 0.253 e. The van der Waals surface area contributed by atoms with Crippen LogP contribution in [-0.2, 0) is 4.79 Å². The molecular formula is C26H25N3O4. The molecule has 0 saturated carbocycles. The first-order valence-corrected chi connectivity index (χ1v) is 10.8. The van der Waals surface area contributed by atoms with Gasteiger partial charge in [0, 0.05) is 35.8 Å². The van der Waals surface area contributed by atoms with Crippen molar-refractivity contribution in [2.75, 3.05) is 18.4 Å². The molecule has 1 aliphatic heterocycles. The number of piperidine rings is 1. The molecule has 1 aliphatic rings. The fraction of sp³-hybridized carbons (Fsp3) is 0.192. The average molecular weight is 444 g/mol. The predicted molar refractivity (Wildman–Crippen MR) is 125 cm³/mol. The largest absolute Gasteiger partial charge is 0.457 e. The monoisotopic (exact) mass is 443 g/mol. The number of ether oxygens (including phenoxy) is 1. The number of nitrogens with zero attached hydrogens (tertiary/aromatic N) is 1. The Kier molecular flexibility index (Phi) is 6.69. The third kappa shape index (κ3) is 5.57. The number of hydrogen-bond donors (Lipinski definition) is 2. The third-order valence-corrected chi connectivity index (χ3v) is 5.67. The van der Waals surface area contributed by atoms with Crippen molar-refractivity contribution in [1.82, 2.24) is 4.90 Å². The number of carbonyl (C=O) groups excluding carboxylic acids is 3. The number of likely N-dealkylation sites (tertiary alicyclic amines) is 1. The highest BCUT2D eigenvalue weighted by atomic mass is 16.5. The zero-order valence-electron chi connectivity index (χ0n) is 18.1. The van der Waals surface area contributed by atoms with Crippen molar-refractivity contribution >= 4 is 23.4 Å². The van der Waals surface area contributed by atoms with Gasteiger partial charge in [-0.25, -0.2) is 0 Å². The van der Waals surface area contributed by atoms with Gasteiger partial charge in [-0.1, -0.05) is 18.2 Å². The van der Waals surface area contributed by atoms with E-state index in [4.69, 9.17) is 10.5 Å². The molecule has 7 heteroatoms. The molecule has 1 heterocycles. The Morgan fingerprint density at radius 2 is 1.33 bits per heavy atom. The molecule has 33 heavy (non-hydrogen) atoms. The van der Waals surface area contributed by atoms with Crippen LogP contribution < -0.4 is 15.8 Å². The van der Waals surface area contributed by atoms with Crippen molar-refractivity contribution in [3.8, 4) is 11.5 Å². The van der Waals surface area contributed by atoms with Crippen LogP contribution >= 0.6 is 0 Å². The van der Waals surface area contributed by atoms with Crippen LogP contribution in [0.4, 0.5) is 5.69 Å². The standard InChI is InChI=1S/C26H25N3O4/c27-24(30)18-6-10-22(11-7-18)33-23-12-8-20(9-13-23)26(32)29-16-14-19(15-17-29)25(31)28-21-4-2-1-3-5-21/h1-13,19H,14-17H2,(H2,27,30)(H,28,31). The van der Waals surface area contributed by atoms with Gasteiger partial charge in [-0.2, -0.15) is 0 Å². The van der Waals surface area contributed by atoms with Gasteiger partial charge in [-0.15, -0.1) is 0 Å². The molecule has 1 saturated heterocycles. The fourth-order valence-electron chi connectivity index (χ4n) is 3.78. The summed E-state index contributed by atoms with van der Waals surface area (Å²) < 4.78 is 5.76. The molecule has 168 valence electrons. The van der Waals surface area contributed by atoms with Crippen molar-refractivity contribution in [3.63, 3.8) is 0 Å². The van der Waals surface area contributed by atoms with E-state index in [1.54, 1.807) is 53.4 Å². The lowest BCUT2D eigenvalue weighted by Crippen LogP contribution is -2.41. The Morgan fingerprint density at radius 1 is 0.788 bits per heavy atom. The molecule has 0 aromatic heterocycles. The van der Waals surface area contributed by atoms with Crippen LogP contribution in [0.3, 0.4) is 0 Å². The number of hydrogen-bond acceptors (Lipinski definition) is 4. The zero-order chi connectivity index (χ0) is 23.2. The maximum Gasteiger partial charge on any atom is 0.253 e. The van der Waals surface area contributed by atoms with E-state index < -0.39 is 5.91 Å². The van der Waals surface area contributed by atoms with E-state index in [1.165, 1.54) is 0 Å². The van der Waals surface area contributed by atoms with E-state index in [0.717, 1.165) is 5.69 Å². The molecule has 0 aliphatic carbocycles. The SMILES string of the molecule is NC(=O)c1ccc(Oc2ccc(C(=O)N3CCC(C(=O)Nc4ccccc4)CC3)cc2)cc1. The van der Waals surface area contributed by atoms with E-state index in [1.807, 2.05) is 30.3 Å². The number of anilines is 1. The van der Waals surface area contributed by atoms with Gasteiger partial charge in [0.2, 0.25) is 11.8 Å². The van der Waals surface area contributed by atoms with E-state index in [2.05, 4.69) is 5.32 Å². The summed E-state index contributed by atoms with van der Waals surface area (Å²) in [5.41, 5.74) is 7.00. The van der Waals surface area contributed by atoms with Crippen LogP contribution in [0, 0.1) is 5.92 Å². The Bertz CT molecular complexity index is 1120. The van der Waals surface area contributed by atoms with Crippen LogP contribution in [0.1, 0.15) is 33.6 Å². The van der Waals surface area contributed by atoms with Crippen LogP contribution in [0.15, 0.2) is 78.9 Å². The number of nitrogens with two attached hydrogens (primary N) is 1. The first-order chi connectivity index (χ1) is 16.0. The molecule has 0 atom stereocenters. The third-order valence-electron chi connectivity index (χ3n) is 5.67. The maximum absolute atomic E-state index is 12.9. The Hall–Kier alpha value is -4.13. The Morgan fingerprint density at radius 3 is 1.88 bits per heavy atom. The Labute approximate surface area is 192 Å². The maximum atomic E-state index is 12.9. The lowest BCUT2D eigenvalue weighted by molar-refractivity contribution is -0.121. The summed E-state index contributed by atoms with van der Waals surface area (Å²) in [7, 11) is 0. The minimum Gasteiger partial charge on any atom is -0.457 e. The molecule has 0 radical (unpaired) electrons. The number of primary amides is 1. The number of carbonyl (C=O) groups is 3. The van der Waals surface area contributed by atoms with Gasteiger partial charge in [0.1, 0.15) is 11.5 Å². The van der Waals surface area contributed by atoms with Gasteiger partial charge >= 0.3 is 0 Å². The van der Waals surface area contributed by atoms with Crippen LogP contribution in [0.2, 0.25) is 0 Å². The zero-order valence-corrected chi connectivity index (χ0v) is 18.1. The minimum absolute atomic E-state index is 0.00124. The lowest BCUT2D eigenvalue weighted by atomic mass is 9.95. The van der Waals surface area contributed by atoms with Crippen molar-refractivity contribution < 1.29 is 19.1 Å². The highest BCUT2D eigenvalue weighted by molar-refractivity contribution is 5.95. The summed E-state index contributed by atoms with van der Waals surface area (Å²) in [4.78, 5) is 38.3.